The Morgan fingerprint density at radius 3 is 2.57 bits per heavy atom. The van der Waals surface area contributed by atoms with Gasteiger partial charge in [0.2, 0.25) is 0 Å². The fourth-order valence-electron chi connectivity index (χ4n) is 1.26. The number of carboxylic acids is 1. The van der Waals surface area contributed by atoms with Crippen LogP contribution < -0.4 is 5.73 Å². The number of rotatable bonds is 3. The van der Waals surface area contributed by atoms with Crippen molar-refractivity contribution >= 4 is 5.97 Å². The highest BCUT2D eigenvalue weighted by atomic mass is 16.7. The van der Waals surface area contributed by atoms with Gasteiger partial charge in [0.1, 0.15) is 18.2 Å². The number of ether oxygens (including phenoxy) is 2. The van der Waals surface area contributed by atoms with Gasteiger partial charge in [-0.1, -0.05) is 0 Å². The molecule has 1 saturated heterocycles. The molecule has 6 nitrogen and oxygen atoms in total. The average molecular weight is 205 g/mol. The maximum Gasteiger partial charge on any atom is 0.323 e. The molecule has 1 rings (SSSR count). The average Bonchev–Trinajstić information content (AvgIpc) is 2.43. The lowest BCUT2D eigenvalue weighted by molar-refractivity contribution is -0.159. The van der Waals surface area contributed by atoms with E-state index in [4.69, 9.17) is 20.3 Å². The summed E-state index contributed by atoms with van der Waals surface area (Å²) < 4.78 is 10.4. The van der Waals surface area contributed by atoms with Gasteiger partial charge >= 0.3 is 5.97 Å². The third kappa shape index (κ3) is 2.42. The van der Waals surface area contributed by atoms with Crippen molar-refractivity contribution in [2.45, 2.75) is 37.9 Å². The number of nitrogens with two attached hydrogens (primary N) is 1. The molecule has 0 bridgehead atoms. The molecule has 0 saturated carbocycles. The summed E-state index contributed by atoms with van der Waals surface area (Å²) in [6.07, 6.45) is -1.94. The molecule has 0 aromatic rings. The standard InChI is InChI=1S/C8H15NO5/c1-8(2)13-3-4(14-8)6(10)5(9)7(11)12/h4-6,10H,3,9H2,1-2H3,(H,11,12). The van der Waals surface area contributed by atoms with E-state index in [9.17, 15) is 9.90 Å². The topological polar surface area (TPSA) is 102 Å². The molecular weight excluding hydrogens is 190 g/mol. The highest BCUT2D eigenvalue weighted by Crippen LogP contribution is 2.24. The van der Waals surface area contributed by atoms with Gasteiger partial charge in [-0.05, 0) is 13.8 Å². The largest absolute Gasteiger partial charge is 0.480 e. The first-order valence-electron chi connectivity index (χ1n) is 4.32. The number of carboxylic acid groups (broad SMARTS) is 1. The number of aliphatic carboxylic acids is 1. The summed E-state index contributed by atoms with van der Waals surface area (Å²) in [6.45, 7) is 3.52. The van der Waals surface area contributed by atoms with E-state index in [1.54, 1.807) is 13.8 Å². The molecule has 0 spiro atoms. The molecule has 1 aliphatic heterocycles. The molecule has 3 unspecified atom stereocenters. The fraction of sp³-hybridized carbons (Fsp3) is 0.875. The van der Waals surface area contributed by atoms with Crippen LogP contribution >= 0.6 is 0 Å². The molecule has 14 heavy (non-hydrogen) atoms. The third-order valence-electron chi connectivity index (χ3n) is 2.06. The zero-order valence-corrected chi connectivity index (χ0v) is 8.14. The van der Waals surface area contributed by atoms with Crippen LogP contribution in [0, 0.1) is 0 Å². The quantitative estimate of drug-likeness (QED) is 0.541. The van der Waals surface area contributed by atoms with Crippen molar-refractivity contribution in [2.24, 2.45) is 5.73 Å². The van der Waals surface area contributed by atoms with Crippen LogP contribution in [0.1, 0.15) is 13.8 Å². The van der Waals surface area contributed by atoms with Crippen molar-refractivity contribution in [3.63, 3.8) is 0 Å². The molecule has 0 amide bonds. The van der Waals surface area contributed by atoms with E-state index in [0.717, 1.165) is 0 Å². The van der Waals surface area contributed by atoms with E-state index in [-0.39, 0.29) is 6.61 Å². The van der Waals surface area contributed by atoms with E-state index >= 15 is 0 Å². The van der Waals surface area contributed by atoms with Gasteiger partial charge in [0.25, 0.3) is 0 Å². The summed E-state index contributed by atoms with van der Waals surface area (Å²) in [5.41, 5.74) is 5.24. The van der Waals surface area contributed by atoms with Crippen LogP contribution in [-0.2, 0) is 14.3 Å². The maximum atomic E-state index is 10.5. The number of aliphatic hydroxyl groups is 1. The lowest BCUT2D eigenvalue weighted by atomic mass is 10.1. The SMILES string of the molecule is CC1(C)OCC(C(O)C(N)C(=O)O)O1. The Labute approximate surface area is 81.6 Å². The zero-order chi connectivity index (χ0) is 10.9. The Kier molecular flexibility index (Phi) is 3.10. The van der Waals surface area contributed by atoms with E-state index in [1.807, 2.05) is 0 Å². The number of hydrogen-bond acceptors (Lipinski definition) is 5. The van der Waals surface area contributed by atoms with Gasteiger partial charge in [0, 0.05) is 0 Å². The van der Waals surface area contributed by atoms with Crippen LogP contribution in [0.2, 0.25) is 0 Å². The molecule has 1 heterocycles. The Hall–Kier alpha value is -0.690. The molecule has 82 valence electrons. The van der Waals surface area contributed by atoms with Crippen molar-refractivity contribution in [3.8, 4) is 0 Å². The molecular formula is C8H15NO5. The number of aliphatic hydroxyl groups excluding tert-OH is 1. The normalized spacial score (nSPS) is 29.9. The predicted molar refractivity (Wildman–Crippen MR) is 46.5 cm³/mol. The Balaban J connectivity index is 2.55. The van der Waals surface area contributed by atoms with Crippen LogP contribution in [0.15, 0.2) is 0 Å². The van der Waals surface area contributed by atoms with Gasteiger partial charge in [0.15, 0.2) is 5.79 Å². The summed E-state index contributed by atoms with van der Waals surface area (Å²) >= 11 is 0. The monoisotopic (exact) mass is 205 g/mol. The van der Waals surface area contributed by atoms with Gasteiger partial charge in [0.05, 0.1) is 6.61 Å². The summed E-state index contributed by atoms with van der Waals surface area (Å²) in [7, 11) is 0. The molecule has 4 N–H and O–H groups in total. The van der Waals surface area contributed by atoms with E-state index in [1.165, 1.54) is 0 Å². The second-order valence-corrected chi connectivity index (χ2v) is 3.72. The third-order valence-corrected chi connectivity index (χ3v) is 2.06. The lowest BCUT2D eigenvalue weighted by Crippen LogP contribution is -2.49. The Morgan fingerprint density at radius 2 is 2.21 bits per heavy atom. The lowest BCUT2D eigenvalue weighted by Gasteiger charge is -2.22. The molecule has 1 fully saturated rings. The minimum atomic E-state index is -1.35. The second-order valence-electron chi connectivity index (χ2n) is 3.72. The van der Waals surface area contributed by atoms with Gasteiger partial charge in [-0.25, -0.2) is 0 Å². The van der Waals surface area contributed by atoms with Gasteiger partial charge in [-0.15, -0.1) is 0 Å². The highest BCUT2D eigenvalue weighted by Gasteiger charge is 2.40. The van der Waals surface area contributed by atoms with Gasteiger partial charge < -0.3 is 25.4 Å². The minimum absolute atomic E-state index is 0.148. The summed E-state index contributed by atoms with van der Waals surface area (Å²) in [5, 5.41) is 18.1. The van der Waals surface area contributed by atoms with Crippen LogP contribution in [0.3, 0.4) is 0 Å². The van der Waals surface area contributed by atoms with Crippen LogP contribution in [0.4, 0.5) is 0 Å². The highest BCUT2D eigenvalue weighted by molar-refractivity contribution is 5.74. The van der Waals surface area contributed by atoms with Crippen molar-refractivity contribution < 1.29 is 24.5 Å². The first kappa shape index (κ1) is 11.4. The minimum Gasteiger partial charge on any atom is -0.480 e. The Morgan fingerprint density at radius 1 is 1.64 bits per heavy atom. The van der Waals surface area contributed by atoms with Gasteiger partial charge in [-0.3, -0.25) is 4.79 Å². The summed E-state index contributed by atoms with van der Waals surface area (Å²) in [6, 6.07) is -1.35. The molecule has 6 heteroatoms. The molecule has 0 aliphatic carbocycles. The van der Waals surface area contributed by atoms with Crippen LogP contribution in [-0.4, -0.2) is 46.8 Å². The number of carbonyl (C=O) groups is 1. The van der Waals surface area contributed by atoms with Crippen molar-refractivity contribution in [3.05, 3.63) is 0 Å². The van der Waals surface area contributed by atoms with Crippen molar-refractivity contribution in [1.29, 1.82) is 0 Å². The van der Waals surface area contributed by atoms with E-state index < -0.39 is 30.0 Å². The maximum absolute atomic E-state index is 10.5. The molecule has 0 aromatic heterocycles. The van der Waals surface area contributed by atoms with Crippen molar-refractivity contribution in [1.82, 2.24) is 0 Å². The molecule has 0 radical (unpaired) electrons. The Bertz CT molecular complexity index is 230. The van der Waals surface area contributed by atoms with Gasteiger partial charge in [-0.2, -0.15) is 0 Å². The second kappa shape index (κ2) is 3.82. The first-order valence-corrected chi connectivity index (χ1v) is 4.32. The van der Waals surface area contributed by atoms with Crippen LogP contribution in [0.25, 0.3) is 0 Å². The molecule has 1 aliphatic rings. The smallest absolute Gasteiger partial charge is 0.323 e. The zero-order valence-electron chi connectivity index (χ0n) is 8.14. The van der Waals surface area contributed by atoms with Crippen LogP contribution in [0.5, 0.6) is 0 Å². The predicted octanol–water partition coefficient (Wildman–Crippen LogP) is -1.09. The summed E-state index contributed by atoms with van der Waals surface area (Å²) in [5.74, 6) is -2.05. The fourth-order valence-corrected chi connectivity index (χ4v) is 1.26. The first-order chi connectivity index (χ1) is 6.33. The van der Waals surface area contributed by atoms with E-state index in [0.29, 0.717) is 0 Å². The summed E-state index contributed by atoms with van der Waals surface area (Å²) in [4.78, 5) is 10.5. The molecule has 0 aromatic carbocycles. The van der Waals surface area contributed by atoms with Crippen molar-refractivity contribution in [2.75, 3.05) is 6.61 Å². The number of hydrogen-bond donors (Lipinski definition) is 3. The molecule has 3 atom stereocenters. The van der Waals surface area contributed by atoms with E-state index in [2.05, 4.69) is 0 Å².